The number of hydrogen-bond donors (Lipinski definition) is 1. The Morgan fingerprint density at radius 2 is 1.93 bits per heavy atom. The van der Waals surface area contributed by atoms with Crippen LogP contribution in [0.2, 0.25) is 13.1 Å². The molecule has 0 aliphatic carbocycles. The third-order valence-electron chi connectivity index (χ3n) is 1.39. The Bertz CT molecular complexity index is 192. The van der Waals surface area contributed by atoms with Gasteiger partial charge in [-0.1, -0.05) is 0 Å². The Labute approximate surface area is 84.7 Å². The molecule has 0 spiro atoms. The van der Waals surface area contributed by atoms with Gasteiger partial charge in [0, 0.05) is 12.8 Å². The maximum Gasteiger partial charge on any atom is 0.307 e. The fourth-order valence-corrected chi connectivity index (χ4v) is 1.03. The van der Waals surface area contributed by atoms with E-state index in [9.17, 15) is 9.59 Å². The van der Waals surface area contributed by atoms with E-state index in [1.807, 2.05) is 13.1 Å². The van der Waals surface area contributed by atoms with Crippen molar-refractivity contribution in [2.24, 2.45) is 0 Å². The van der Waals surface area contributed by atoms with Crippen molar-refractivity contribution in [2.75, 3.05) is 6.79 Å². The van der Waals surface area contributed by atoms with Gasteiger partial charge < -0.3 is 14.3 Å². The molecule has 0 unspecified atom stereocenters. The molecule has 0 bridgehead atoms. The monoisotopic (exact) mass is 220 g/mol. The van der Waals surface area contributed by atoms with E-state index < -0.39 is 21.0 Å². The zero-order valence-electron chi connectivity index (χ0n) is 8.49. The highest BCUT2D eigenvalue weighted by molar-refractivity contribution is 6.48. The van der Waals surface area contributed by atoms with E-state index in [1.165, 1.54) is 0 Å². The topological polar surface area (TPSA) is 72.8 Å². The largest absolute Gasteiger partial charge is 0.481 e. The molecule has 14 heavy (non-hydrogen) atoms. The molecular weight excluding hydrogens is 204 g/mol. The van der Waals surface area contributed by atoms with Crippen molar-refractivity contribution in [3.05, 3.63) is 0 Å². The summed E-state index contributed by atoms with van der Waals surface area (Å²) in [4.78, 5) is 21.0. The van der Waals surface area contributed by atoms with Gasteiger partial charge in [-0.05, 0) is 19.5 Å². The minimum Gasteiger partial charge on any atom is -0.481 e. The Balaban J connectivity index is 3.33. The summed E-state index contributed by atoms with van der Waals surface area (Å²) < 4.78 is 9.83. The number of carboxylic acid groups (broad SMARTS) is 1. The number of ether oxygens (including phenoxy) is 1. The van der Waals surface area contributed by atoms with Crippen LogP contribution >= 0.6 is 0 Å². The van der Waals surface area contributed by atoms with Crippen LogP contribution < -0.4 is 0 Å². The van der Waals surface area contributed by atoms with Crippen molar-refractivity contribution in [3.8, 4) is 0 Å². The average molecular weight is 220 g/mol. The van der Waals surface area contributed by atoms with E-state index in [1.54, 1.807) is 0 Å². The molecule has 0 aliphatic rings. The highest BCUT2D eigenvalue weighted by Gasteiger charge is 2.05. The Morgan fingerprint density at radius 1 is 1.29 bits per heavy atom. The van der Waals surface area contributed by atoms with Gasteiger partial charge in [-0.25, -0.2) is 0 Å². The molecular formula is C8H16O5Si. The number of carbonyl (C=O) groups excluding carboxylic acids is 1. The number of rotatable bonds is 7. The second kappa shape index (κ2) is 7.51. The molecule has 0 heterocycles. The lowest BCUT2D eigenvalue weighted by Gasteiger charge is -2.07. The number of hydrogen-bond acceptors (Lipinski definition) is 4. The van der Waals surface area contributed by atoms with Gasteiger partial charge in [0.2, 0.25) is 0 Å². The third-order valence-corrected chi connectivity index (χ3v) is 2.20. The lowest BCUT2D eigenvalue weighted by atomic mass is 10.2. The van der Waals surface area contributed by atoms with Crippen LogP contribution in [0.4, 0.5) is 0 Å². The zero-order valence-corrected chi connectivity index (χ0v) is 9.64. The highest BCUT2D eigenvalue weighted by Crippen LogP contribution is 1.98. The lowest BCUT2D eigenvalue weighted by molar-refractivity contribution is -0.150. The van der Waals surface area contributed by atoms with E-state index in [0.29, 0.717) is 6.42 Å². The van der Waals surface area contributed by atoms with Crippen molar-refractivity contribution >= 4 is 21.0 Å². The Kier molecular flexibility index (Phi) is 7.04. The fourth-order valence-electron chi connectivity index (χ4n) is 0.692. The zero-order chi connectivity index (χ0) is 11.0. The summed E-state index contributed by atoms with van der Waals surface area (Å²) in [5, 5.41) is 8.30. The van der Waals surface area contributed by atoms with Crippen molar-refractivity contribution < 1.29 is 23.9 Å². The molecule has 0 radical (unpaired) electrons. The molecule has 5 nitrogen and oxygen atoms in total. The summed E-state index contributed by atoms with van der Waals surface area (Å²) in [6.45, 7) is 3.94. The number of esters is 1. The van der Waals surface area contributed by atoms with Crippen LogP contribution in [0.5, 0.6) is 0 Å². The predicted molar refractivity (Wildman–Crippen MR) is 52.4 cm³/mol. The Morgan fingerprint density at radius 3 is 2.43 bits per heavy atom. The van der Waals surface area contributed by atoms with Gasteiger partial charge in [-0.3, -0.25) is 9.59 Å². The van der Waals surface area contributed by atoms with Gasteiger partial charge in [0.25, 0.3) is 0 Å². The normalized spacial score (nSPS) is 10.2. The second-order valence-corrected chi connectivity index (χ2v) is 5.53. The van der Waals surface area contributed by atoms with Gasteiger partial charge >= 0.3 is 11.9 Å². The van der Waals surface area contributed by atoms with Crippen LogP contribution in [0.1, 0.15) is 19.3 Å². The summed E-state index contributed by atoms with van der Waals surface area (Å²) in [5.74, 6) is -1.30. The van der Waals surface area contributed by atoms with Crippen LogP contribution in [0.25, 0.3) is 0 Å². The molecule has 0 rings (SSSR count). The van der Waals surface area contributed by atoms with Crippen molar-refractivity contribution in [1.29, 1.82) is 0 Å². The van der Waals surface area contributed by atoms with E-state index in [2.05, 4.69) is 0 Å². The van der Waals surface area contributed by atoms with Crippen LogP contribution in [-0.2, 0) is 18.8 Å². The first-order chi connectivity index (χ1) is 6.52. The molecule has 82 valence electrons. The van der Waals surface area contributed by atoms with Crippen LogP contribution in [0, 0.1) is 0 Å². The smallest absolute Gasteiger partial charge is 0.307 e. The molecule has 6 heteroatoms. The lowest BCUT2D eigenvalue weighted by Crippen LogP contribution is -2.14. The quantitative estimate of drug-likeness (QED) is 0.389. The van der Waals surface area contributed by atoms with Gasteiger partial charge in [-0.15, -0.1) is 0 Å². The van der Waals surface area contributed by atoms with Crippen LogP contribution in [0.3, 0.4) is 0 Å². The minimum atomic E-state index is -1.14. The number of carbonyl (C=O) groups is 2. The SMILES string of the molecule is C[SiH](C)OCOC(=O)CCCC(=O)O. The highest BCUT2D eigenvalue weighted by atomic mass is 28.3. The molecule has 0 amide bonds. The number of carboxylic acids is 1. The first-order valence-electron chi connectivity index (χ1n) is 4.51. The van der Waals surface area contributed by atoms with Gasteiger partial charge in [0.05, 0.1) is 0 Å². The third kappa shape index (κ3) is 9.21. The summed E-state index contributed by atoms with van der Waals surface area (Å²) in [5.41, 5.74) is 0. The molecule has 0 fully saturated rings. The predicted octanol–water partition coefficient (Wildman–Crippen LogP) is 0.742. The molecule has 0 saturated carbocycles. The number of aliphatic carboxylic acids is 1. The van der Waals surface area contributed by atoms with Crippen LogP contribution in [0.15, 0.2) is 0 Å². The molecule has 0 aromatic carbocycles. The van der Waals surface area contributed by atoms with E-state index >= 15 is 0 Å². The molecule has 0 aromatic heterocycles. The molecule has 0 atom stereocenters. The first kappa shape index (κ1) is 13.1. The summed E-state index contributed by atoms with van der Waals surface area (Å²) in [7, 11) is -1.14. The maximum absolute atomic E-state index is 10.9. The van der Waals surface area contributed by atoms with Gasteiger partial charge in [-0.2, -0.15) is 0 Å². The Hall–Kier alpha value is -0.883. The van der Waals surface area contributed by atoms with E-state index in [4.69, 9.17) is 14.3 Å². The van der Waals surface area contributed by atoms with Gasteiger partial charge in [0.1, 0.15) is 0 Å². The van der Waals surface area contributed by atoms with E-state index in [0.717, 1.165) is 0 Å². The van der Waals surface area contributed by atoms with Gasteiger partial charge in [0.15, 0.2) is 15.8 Å². The average Bonchev–Trinajstić information content (AvgIpc) is 2.02. The first-order valence-corrected chi connectivity index (χ1v) is 7.29. The standard InChI is InChI=1S/C8H16O5Si/c1-14(2)13-6-12-8(11)5-3-4-7(9)10/h14H,3-6H2,1-2H3,(H,9,10). The summed E-state index contributed by atoms with van der Waals surface area (Å²) in [6, 6.07) is 0. The van der Waals surface area contributed by atoms with Crippen LogP contribution in [-0.4, -0.2) is 32.9 Å². The van der Waals surface area contributed by atoms with E-state index in [-0.39, 0.29) is 19.6 Å². The maximum atomic E-state index is 10.9. The minimum absolute atomic E-state index is 0.00417. The van der Waals surface area contributed by atoms with Crippen molar-refractivity contribution in [1.82, 2.24) is 0 Å². The molecule has 0 saturated heterocycles. The van der Waals surface area contributed by atoms with Crippen molar-refractivity contribution in [3.63, 3.8) is 0 Å². The fraction of sp³-hybridized carbons (Fsp3) is 0.750. The molecule has 0 aromatic rings. The summed E-state index contributed by atoms with van der Waals surface area (Å²) >= 11 is 0. The summed E-state index contributed by atoms with van der Waals surface area (Å²) in [6.07, 6.45) is 0.442. The molecule has 1 N–H and O–H groups in total. The second-order valence-electron chi connectivity index (χ2n) is 3.10. The van der Waals surface area contributed by atoms with Crippen molar-refractivity contribution in [2.45, 2.75) is 32.4 Å². The molecule has 0 aliphatic heterocycles.